The standard InChI is InChI=1S/C15H20N2O3S/c1-4-12-6-8-14(9-15(12)16)21(18,19)17(3)10-13-7-5-11(2)20-13/h5-9H,4,10,16H2,1-3H3. The predicted octanol–water partition coefficient (Wildman–Crippen LogP) is 2.55. The molecule has 1 heterocycles. The van der Waals surface area contributed by atoms with Crippen LogP contribution >= 0.6 is 0 Å². The van der Waals surface area contributed by atoms with Crippen LogP contribution in [0.25, 0.3) is 0 Å². The van der Waals surface area contributed by atoms with Crippen LogP contribution in [0.2, 0.25) is 0 Å². The van der Waals surface area contributed by atoms with Gasteiger partial charge >= 0.3 is 0 Å². The summed E-state index contributed by atoms with van der Waals surface area (Å²) in [5.41, 5.74) is 7.33. The van der Waals surface area contributed by atoms with Crippen molar-refractivity contribution in [1.82, 2.24) is 4.31 Å². The molecule has 0 aliphatic rings. The van der Waals surface area contributed by atoms with Crippen LogP contribution in [-0.4, -0.2) is 19.8 Å². The molecule has 5 nitrogen and oxygen atoms in total. The molecular weight excluding hydrogens is 288 g/mol. The second-order valence-corrected chi connectivity index (χ2v) is 7.03. The highest BCUT2D eigenvalue weighted by Crippen LogP contribution is 2.22. The van der Waals surface area contributed by atoms with E-state index in [1.54, 1.807) is 18.2 Å². The summed E-state index contributed by atoms with van der Waals surface area (Å²) in [6, 6.07) is 8.44. The van der Waals surface area contributed by atoms with Gasteiger partial charge in [0.1, 0.15) is 11.5 Å². The lowest BCUT2D eigenvalue weighted by atomic mass is 10.1. The third-order valence-corrected chi connectivity index (χ3v) is 5.18. The molecule has 114 valence electrons. The smallest absolute Gasteiger partial charge is 0.243 e. The fraction of sp³-hybridized carbons (Fsp3) is 0.333. The van der Waals surface area contributed by atoms with Crippen molar-refractivity contribution in [3.63, 3.8) is 0 Å². The van der Waals surface area contributed by atoms with Crippen molar-refractivity contribution in [2.24, 2.45) is 0 Å². The lowest BCUT2D eigenvalue weighted by molar-refractivity contribution is 0.397. The van der Waals surface area contributed by atoms with Crippen LogP contribution in [0.5, 0.6) is 0 Å². The number of aryl methyl sites for hydroxylation is 2. The zero-order valence-corrected chi connectivity index (χ0v) is 13.3. The summed E-state index contributed by atoms with van der Waals surface area (Å²) in [6.07, 6.45) is 0.772. The minimum absolute atomic E-state index is 0.186. The van der Waals surface area contributed by atoms with Crippen molar-refractivity contribution >= 4 is 15.7 Å². The van der Waals surface area contributed by atoms with Gasteiger partial charge in [-0.15, -0.1) is 0 Å². The van der Waals surface area contributed by atoms with Crippen LogP contribution in [0.1, 0.15) is 24.0 Å². The quantitative estimate of drug-likeness (QED) is 0.861. The fourth-order valence-corrected chi connectivity index (χ4v) is 3.28. The van der Waals surface area contributed by atoms with E-state index in [9.17, 15) is 8.42 Å². The number of sulfonamides is 1. The van der Waals surface area contributed by atoms with E-state index in [0.29, 0.717) is 11.4 Å². The summed E-state index contributed by atoms with van der Waals surface area (Å²) in [5, 5.41) is 0. The number of anilines is 1. The Morgan fingerprint density at radius 1 is 1.24 bits per heavy atom. The average Bonchev–Trinajstić information content (AvgIpc) is 2.83. The summed E-state index contributed by atoms with van der Waals surface area (Å²) in [6.45, 7) is 3.99. The first-order valence-corrected chi connectivity index (χ1v) is 8.18. The highest BCUT2D eigenvalue weighted by atomic mass is 32.2. The van der Waals surface area contributed by atoms with E-state index < -0.39 is 10.0 Å². The summed E-state index contributed by atoms with van der Waals surface area (Å²) in [4.78, 5) is 0.197. The molecule has 2 rings (SSSR count). The van der Waals surface area contributed by atoms with Crippen molar-refractivity contribution < 1.29 is 12.8 Å². The number of nitrogens with zero attached hydrogens (tertiary/aromatic N) is 1. The van der Waals surface area contributed by atoms with E-state index in [-0.39, 0.29) is 11.4 Å². The minimum atomic E-state index is -3.58. The van der Waals surface area contributed by atoms with Crippen molar-refractivity contribution in [2.45, 2.75) is 31.7 Å². The Labute approximate surface area is 125 Å². The van der Waals surface area contributed by atoms with Gasteiger partial charge in [-0.05, 0) is 43.2 Å². The van der Waals surface area contributed by atoms with E-state index in [1.165, 1.54) is 17.4 Å². The maximum Gasteiger partial charge on any atom is 0.243 e. The van der Waals surface area contributed by atoms with Crippen molar-refractivity contribution in [3.05, 3.63) is 47.4 Å². The van der Waals surface area contributed by atoms with Crippen LogP contribution in [-0.2, 0) is 23.0 Å². The zero-order chi connectivity index (χ0) is 15.6. The molecular formula is C15H20N2O3S. The largest absolute Gasteiger partial charge is 0.465 e. The Bertz CT molecular complexity index is 735. The second kappa shape index (κ2) is 5.91. The van der Waals surface area contributed by atoms with E-state index >= 15 is 0 Å². The Morgan fingerprint density at radius 2 is 1.95 bits per heavy atom. The van der Waals surface area contributed by atoms with Crippen molar-refractivity contribution in [3.8, 4) is 0 Å². The molecule has 2 N–H and O–H groups in total. The van der Waals surface area contributed by atoms with Gasteiger partial charge in [0, 0.05) is 12.7 Å². The number of hydrogen-bond donors (Lipinski definition) is 1. The molecule has 0 radical (unpaired) electrons. The van der Waals surface area contributed by atoms with E-state index in [2.05, 4.69) is 0 Å². The third kappa shape index (κ3) is 3.28. The molecule has 1 aromatic heterocycles. The highest BCUT2D eigenvalue weighted by molar-refractivity contribution is 7.89. The molecule has 0 spiro atoms. The number of nitrogen functional groups attached to an aromatic ring is 1. The van der Waals surface area contributed by atoms with Gasteiger partial charge in [0.25, 0.3) is 0 Å². The van der Waals surface area contributed by atoms with Gasteiger partial charge in [0.05, 0.1) is 11.4 Å². The number of nitrogens with two attached hydrogens (primary N) is 1. The first kappa shape index (κ1) is 15.6. The van der Waals surface area contributed by atoms with Crippen LogP contribution in [0, 0.1) is 6.92 Å². The minimum Gasteiger partial charge on any atom is -0.465 e. The van der Waals surface area contributed by atoms with Gasteiger partial charge in [0.2, 0.25) is 10.0 Å². The van der Waals surface area contributed by atoms with E-state index in [1.807, 2.05) is 19.9 Å². The molecule has 0 bridgehead atoms. The number of furan rings is 1. The SMILES string of the molecule is CCc1ccc(S(=O)(=O)N(C)Cc2ccc(C)o2)cc1N. The molecule has 0 saturated heterocycles. The first-order valence-electron chi connectivity index (χ1n) is 6.74. The normalized spacial score (nSPS) is 12.0. The molecule has 0 atom stereocenters. The lowest BCUT2D eigenvalue weighted by Crippen LogP contribution is -2.26. The van der Waals surface area contributed by atoms with Gasteiger partial charge in [-0.1, -0.05) is 13.0 Å². The summed E-state index contributed by atoms with van der Waals surface area (Å²) in [5.74, 6) is 1.36. The molecule has 21 heavy (non-hydrogen) atoms. The molecule has 0 fully saturated rings. The molecule has 1 aromatic carbocycles. The van der Waals surface area contributed by atoms with Crippen LogP contribution in [0.4, 0.5) is 5.69 Å². The summed E-state index contributed by atoms with van der Waals surface area (Å²) < 4.78 is 31.7. The van der Waals surface area contributed by atoms with Gasteiger partial charge in [-0.3, -0.25) is 0 Å². The maximum absolute atomic E-state index is 12.5. The molecule has 0 saturated carbocycles. The van der Waals surface area contributed by atoms with Crippen LogP contribution < -0.4 is 5.73 Å². The van der Waals surface area contributed by atoms with Gasteiger partial charge in [0.15, 0.2) is 0 Å². The zero-order valence-electron chi connectivity index (χ0n) is 12.5. The van der Waals surface area contributed by atoms with Crippen molar-refractivity contribution in [2.75, 3.05) is 12.8 Å². The van der Waals surface area contributed by atoms with E-state index in [4.69, 9.17) is 10.2 Å². The average molecular weight is 308 g/mol. The highest BCUT2D eigenvalue weighted by Gasteiger charge is 2.22. The predicted molar refractivity (Wildman–Crippen MR) is 82.3 cm³/mol. The molecule has 6 heteroatoms. The molecule has 0 aliphatic carbocycles. The van der Waals surface area contributed by atoms with Gasteiger partial charge < -0.3 is 10.2 Å². The van der Waals surface area contributed by atoms with Crippen LogP contribution in [0.3, 0.4) is 0 Å². The maximum atomic E-state index is 12.5. The summed E-state index contributed by atoms with van der Waals surface area (Å²) >= 11 is 0. The molecule has 0 amide bonds. The van der Waals surface area contributed by atoms with Gasteiger partial charge in [-0.25, -0.2) is 8.42 Å². The number of benzene rings is 1. The van der Waals surface area contributed by atoms with E-state index in [0.717, 1.165) is 17.7 Å². The number of rotatable bonds is 5. The Morgan fingerprint density at radius 3 is 2.48 bits per heavy atom. The second-order valence-electron chi connectivity index (χ2n) is 4.99. The topological polar surface area (TPSA) is 76.5 Å². The molecule has 2 aromatic rings. The monoisotopic (exact) mass is 308 g/mol. The fourth-order valence-electron chi connectivity index (χ4n) is 2.11. The third-order valence-electron chi connectivity index (χ3n) is 3.38. The molecule has 0 unspecified atom stereocenters. The molecule has 0 aliphatic heterocycles. The Kier molecular flexibility index (Phi) is 4.39. The summed E-state index contributed by atoms with van der Waals surface area (Å²) in [7, 11) is -2.06. The first-order chi connectivity index (χ1) is 9.84. The Balaban J connectivity index is 2.26. The lowest BCUT2D eigenvalue weighted by Gasteiger charge is -2.17. The van der Waals surface area contributed by atoms with Gasteiger partial charge in [-0.2, -0.15) is 4.31 Å². The van der Waals surface area contributed by atoms with Crippen LogP contribution in [0.15, 0.2) is 39.6 Å². The Hall–Kier alpha value is -1.79. The van der Waals surface area contributed by atoms with Crippen molar-refractivity contribution in [1.29, 1.82) is 0 Å². The number of hydrogen-bond acceptors (Lipinski definition) is 4.